The number of hydrogen-bond donors (Lipinski definition) is 1. The van der Waals surface area contributed by atoms with Gasteiger partial charge in [-0.05, 0) is 36.8 Å². The van der Waals surface area contributed by atoms with Crippen molar-refractivity contribution >= 4 is 0 Å². The number of aromatic nitrogens is 1. The molecule has 0 saturated heterocycles. The second-order valence-corrected chi connectivity index (χ2v) is 3.53. The fraction of sp³-hybridized carbons (Fsp3) is 0.500. The maximum Gasteiger partial charge on any atom is 0.0546 e. The highest BCUT2D eigenvalue weighted by molar-refractivity contribution is 5.22. The van der Waals surface area contributed by atoms with Crippen LogP contribution in [0.1, 0.15) is 24.8 Å². The van der Waals surface area contributed by atoms with Gasteiger partial charge in [-0.2, -0.15) is 0 Å². The van der Waals surface area contributed by atoms with Gasteiger partial charge in [-0.25, -0.2) is 0 Å². The Morgan fingerprint density at radius 1 is 1.67 bits per heavy atom. The van der Waals surface area contributed by atoms with E-state index >= 15 is 0 Å². The highest BCUT2D eigenvalue weighted by Gasteiger charge is 2.41. The number of aliphatic hydroxyl groups is 1. The molecule has 2 rings (SSSR count). The van der Waals surface area contributed by atoms with Crippen LogP contribution in [-0.4, -0.2) is 16.2 Å². The summed E-state index contributed by atoms with van der Waals surface area (Å²) in [5.41, 5.74) is 1.27. The summed E-state index contributed by atoms with van der Waals surface area (Å²) in [6, 6.07) is 4.03. The largest absolute Gasteiger partial charge is 0.393 e. The zero-order valence-corrected chi connectivity index (χ0v) is 7.14. The molecule has 64 valence electrons. The predicted molar refractivity (Wildman–Crippen MR) is 46.8 cm³/mol. The topological polar surface area (TPSA) is 33.1 Å². The van der Waals surface area contributed by atoms with Crippen LogP contribution < -0.4 is 0 Å². The fourth-order valence-corrected chi connectivity index (χ4v) is 1.73. The van der Waals surface area contributed by atoms with Crippen molar-refractivity contribution in [3.63, 3.8) is 0 Å². The number of aliphatic hydroxyl groups excluding tert-OH is 1. The van der Waals surface area contributed by atoms with Gasteiger partial charge in [0.1, 0.15) is 0 Å². The van der Waals surface area contributed by atoms with E-state index in [-0.39, 0.29) is 6.10 Å². The maximum atomic E-state index is 9.30. The van der Waals surface area contributed by atoms with Crippen molar-refractivity contribution in [1.82, 2.24) is 4.98 Å². The molecule has 0 amide bonds. The molecule has 3 atom stereocenters. The van der Waals surface area contributed by atoms with E-state index in [9.17, 15) is 5.11 Å². The van der Waals surface area contributed by atoms with Crippen molar-refractivity contribution in [3.8, 4) is 0 Å². The molecule has 2 nitrogen and oxygen atoms in total. The fourth-order valence-electron chi connectivity index (χ4n) is 1.73. The van der Waals surface area contributed by atoms with E-state index in [0.29, 0.717) is 11.8 Å². The highest BCUT2D eigenvalue weighted by Crippen LogP contribution is 2.49. The summed E-state index contributed by atoms with van der Waals surface area (Å²) in [6.45, 7) is 1.86. The van der Waals surface area contributed by atoms with E-state index in [4.69, 9.17) is 0 Å². The minimum Gasteiger partial charge on any atom is -0.393 e. The lowest BCUT2D eigenvalue weighted by molar-refractivity contribution is 0.169. The van der Waals surface area contributed by atoms with Gasteiger partial charge in [-0.1, -0.05) is 6.07 Å². The monoisotopic (exact) mass is 163 g/mol. The first-order valence-electron chi connectivity index (χ1n) is 4.37. The molecule has 0 radical (unpaired) electrons. The third-order valence-corrected chi connectivity index (χ3v) is 2.57. The van der Waals surface area contributed by atoms with Crippen LogP contribution in [0.2, 0.25) is 0 Å². The van der Waals surface area contributed by atoms with Crippen molar-refractivity contribution < 1.29 is 5.11 Å². The van der Waals surface area contributed by atoms with Crippen LogP contribution in [-0.2, 0) is 0 Å². The lowest BCUT2D eigenvalue weighted by Gasteiger charge is -2.01. The molecule has 12 heavy (non-hydrogen) atoms. The lowest BCUT2D eigenvalue weighted by atomic mass is 10.1. The van der Waals surface area contributed by atoms with E-state index in [1.165, 1.54) is 5.56 Å². The van der Waals surface area contributed by atoms with Gasteiger partial charge in [0.15, 0.2) is 0 Å². The zero-order valence-electron chi connectivity index (χ0n) is 7.14. The summed E-state index contributed by atoms with van der Waals surface area (Å²) >= 11 is 0. The molecule has 0 bridgehead atoms. The number of pyridine rings is 1. The van der Waals surface area contributed by atoms with Gasteiger partial charge in [0.25, 0.3) is 0 Å². The van der Waals surface area contributed by atoms with E-state index in [1.54, 1.807) is 6.20 Å². The normalized spacial score (nSPS) is 29.8. The van der Waals surface area contributed by atoms with Crippen LogP contribution in [0.4, 0.5) is 0 Å². The average molecular weight is 163 g/mol. The summed E-state index contributed by atoms with van der Waals surface area (Å²) in [6.07, 6.45) is 4.62. The molecule has 1 aromatic heterocycles. The first-order valence-corrected chi connectivity index (χ1v) is 4.37. The smallest absolute Gasteiger partial charge is 0.0546 e. The molecule has 0 unspecified atom stereocenters. The van der Waals surface area contributed by atoms with Crippen LogP contribution in [0.5, 0.6) is 0 Å². The summed E-state index contributed by atoms with van der Waals surface area (Å²) in [5.74, 6) is 1.02. The molecule has 1 aliphatic carbocycles. The number of rotatable bonds is 2. The number of nitrogens with zero attached hydrogens (tertiary/aromatic N) is 1. The second kappa shape index (κ2) is 2.87. The third kappa shape index (κ3) is 1.34. The van der Waals surface area contributed by atoms with Crippen LogP contribution in [0.3, 0.4) is 0 Å². The maximum absolute atomic E-state index is 9.30. The number of hydrogen-bond acceptors (Lipinski definition) is 2. The molecule has 1 aromatic rings. The van der Waals surface area contributed by atoms with E-state index in [1.807, 2.05) is 19.2 Å². The molecule has 2 heteroatoms. The van der Waals surface area contributed by atoms with Gasteiger partial charge in [-0.15, -0.1) is 0 Å². The Morgan fingerprint density at radius 3 is 3.00 bits per heavy atom. The molecule has 1 heterocycles. The van der Waals surface area contributed by atoms with Gasteiger partial charge in [0, 0.05) is 12.4 Å². The van der Waals surface area contributed by atoms with Crippen LogP contribution >= 0.6 is 0 Å². The van der Waals surface area contributed by atoms with Crippen LogP contribution in [0.25, 0.3) is 0 Å². The lowest BCUT2D eigenvalue weighted by Crippen LogP contribution is -2.03. The molecule has 1 saturated carbocycles. The minimum atomic E-state index is -0.171. The van der Waals surface area contributed by atoms with Crippen LogP contribution in [0, 0.1) is 5.92 Å². The van der Waals surface area contributed by atoms with Gasteiger partial charge >= 0.3 is 0 Å². The molecular formula is C10H13NO. The average Bonchev–Trinajstić information content (AvgIpc) is 2.84. The SMILES string of the molecule is C[C@H](O)[C@H]1C[C@H]1c1cccnc1. The molecule has 1 aliphatic rings. The van der Waals surface area contributed by atoms with Gasteiger partial charge in [0.05, 0.1) is 6.10 Å². The van der Waals surface area contributed by atoms with E-state index < -0.39 is 0 Å². The van der Waals surface area contributed by atoms with E-state index in [2.05, 4.69) is 11.1 Å². The molecule has 1 fully saturated rings. The summed E-state index contributed by atoms with van der Waals surface area (Å²) in [4.78, 5) is 4.06. The standard InChI is InChI=1S/C10H13NO/c1-7(12)9-5-10(9)8-3-2-4-11-6-8/h2-4,6-7,9-10,12H,5H2,1H3/t7-,9+,10-/m0/s1. The Morgan fingerprint density at radius 2 is 2.50 bits per heavy atom. The zero-order chi connectivity index (χ0) is 8.55. The van der Waals surface area contributed by atoms with Crippen molar-refractivity contribution in [2.24, 2.45) is 5.92 Å². The molecule has 0 aliphatic heterocycles. The van der Waals surface area contributed by atoms with E-state index in [0.717, 1.165) is 6.42 Å². The first-order chi connectivity index (χ1) is 5.79. The Balaban J connectivity index is 2.06. The Hall–Kier alpha value is -0.890. The molecule has 0 spiro atoms. The van der Waals surface area contributed by atoms with Crippen molar-refractivity contribution in [3.05, 3.63) is 30.1 Å². The van der Waals surface area contributed by atoms with Crippen molar-refractivity contribution in [2.45, 2.75) is 25.4 Å². The van der Waals surface area contributed by atoms with Gasteiger partial charge < -0.3 is 5.11 Å². The Bertz CT molecular complexity index is 258. The van der Waals surface area contributed by atoms with Crippen molar-refractivity contribution in [1.29, 1.82) is 0 Å². The molecule has 0 aromatic carbocycles. The van der Waals surface area contributed by atoms with Crippen LogP contribution in [0.15, 0.2) is 24.5 Å². The van der Waals surface area contributed by atoms with Gasteiger partial charge in [-0.3, -0.25) is 4.98 Å². The highest BCUT2D eigenvalue weighted by atomic mass is 16.3. The predicted octanol–water partition coefficient (Wildman–Crippen LogP) is 1.57. The minimum absolute atomic E-state index is 0.171. The van der Waals surface area contributed by atoms with Gasteiger partial charge in [0.2, 0.25) is 0 Å². The Kier molecular flexibility index (Phi) is 1.85. The summed E-state index contributed by atoms with van der Waals surface area (Å²) in [5, 5.41) is 9.30. The van der Waals surface area contributed by atoms with Crippen molar-refractivity contribution in [2.75, 3.05) is 0 Å². The Labute approximate surface area is 72.3 Å². The summed E-state index contributed by atoms with van der Waals surface area (Å²) in [7, 11) is 0. The summed E-state index contributed by atoms with van der Waals surface area (Å²) < 4.78 is 0. The second-order valence-electron chi connectivity index (χ2n) is 3.53. The quantitative estimate of drug-likeness (QED) is 0.717. The molecule has 1 N–H and O–H groups in total. The molecular weight excluding hydrogens is 150 g/mol. The first kappa shape index (κ1) is 7.74. The third-order valence-electron chi connectivity index (χ3n) is 2.57.